The summed E-state index contributed by atoms with van der Waals surface area (Å²) < 4.78 is 19.0. The Balaban J connectivity index is 1.62. The van der Waals surface area contributed by atoms with Crippen molar-refractivity contribution in [2.45, 2.75) is 33.7 Å². The number of aromatic nitrogens is 1. The van der Waals surface area contributed by atoms with Gasteiger partial charge >= 0.3 is 5.97 Å². The highest BCUT2D eigenvalue weighted by Crippen LogP contribution is 2.32. The number of ether oxygens (including phenoxy) is 2. The number of furan rings is 1. The second-order valence-electron chi connectivity index (χ2n) is 8.97. The Morgan fingerprint density at radius 3 is 2.59 bits per heavy atom. The smallest absolute Gasteiger partial charge is 0.338 e. The minimum absolute atomic E-state index is 0.211. The summed E-state index contributed by atoms with van der Waals surface area (Å²) >= 11 is 7.43. The average Bonchev–Trinajstić information content (AvgIpc) is 3.50. The van der Waals surface area contributed by atoms with Crippen LogP contribution in [-0.4, -0.2) is 23.8 Å². The Morgan fingerprint density at radius 2 is 1.87 bits per heavy atom. The number of esters is 1. The number of carbonyl (C=O) groups is 1. The topological polar surface area (TPSA) is 83.0 Å². The fourth-order valence-corrected chi connectivity index (χ4v) is 5.78. The number of rotatable bonds is 7. The predicted octanol–water partition coefficient (Wildman–Crippen LogP) is 5.42. The van der Waals surface area contributed by atoms with Crippen molar-refractivity contribution in [1.29, 1.82) is 0 Å². The molecule has 5 rings (SSSR count). The highest BCUT2D eigenvalue weighted by atomic mass is 35.5. The molecule has 9 heteroatoms. The molecule has 7 nitrogen and oxygen atoms in total. The van der Waals surface area contributed by atoms with Crippen molar-refractivity contribution >= 4 is 35.0 Å². The van der Waals surface area contributed by atoms with Crippen LogP contribution in [0.25, 0.3) is 17.4 Å². The molecule has 1 atom stereocenters. The largest absolute Gasteiger partial charge is 0.494 e. The zero-order chi connectivity index (χ0) is 27.7. The summed E-state index contributed by atoms with van der Waals surface area (Å²) in [6.45, 7) is 8.15. The molecule has 39 heavy (non-hydrogen) atoms. The standard InChI is InChI=1S/C30H27ClN2O5S/c1-5-36-21-11-8-19(9-12-21)27-26(29(35)37-6-2)18(4)32-30-33(27)28(34)25(39-30)16-22-13-14-24(38-22)23-15-20(31)10-7-17(23)3/h7-16,27H,5-6H2,1-4H3/b25-16-/t27-/m0/s1. The van der Waals surface area contributed by atoms with Crippen molar-refractivity contribution in [2.75, 3.05) is 13.2 Å². The van der Waals surface area contributed by atoms with Crippen molar-refractivity contribution in [3.05, 3.63) is 107 Å². The van der Waals surface area contributed by atoms with Gasteiger partial charge in [-0.25, -0.2) is 9.79 Å². The number of aryl methyl sites for hydroxylation is 1. The van der Waals surface area contributed by atoms with E-state index in [2.05, 4.69) is 4.99 Å². The van der Waals surface area contributed by atoms with E-state index in [0.29, 0.717) is 49.5 Å². The predicted molar refractivity (Wildman–Crippen MR) is 152 cm³/mol. The van der Waals surface area contributed by atoms with Gasteiger partial charge in [0.25, 0.3) is 5.56 Å². The first-order valence-corrected chi connectivity index (χ1v) is 13.8. The minimum Gasteiger partial charge on any atom is -0.494 e. The van der Waals surface area contributed by atoms with E-state index in [4.69, 9.17) is 25.5 Å². The van der Waals surface area contributed by atoms with Crippen LogP contribution in [0.1, 0.15) is 43.7 Å². The van der Waals surface area contributed by atoms with E-state index in [-0.39, 0.29) is 12.2 Å². The molecule has 4 aromatic rings. The van der Waals surface area contributed by atoms with Crippen LogP contribution in [-0.2, 0) is 9.53 Å². The van der Waals surface area contributed by atoms with Crippen LogP contribution in [0.2, 0.25) is 5.02 Å². The Kier molecular flexibility index (Phi) is 7.59. The SMILES string of the molecule is CCOC(=O)C1=C(C)N=c2s/c(=C\c3ccc(-c4cc(Cl)ccc4C)o3)c(=O)n2[C@H]1c1ccc(OCC)cc1. The monoisotopic (exact) mass is 562 g/mol. The lowest BCUT2D eigenvalue weighted by molar-refractivity contribution is -0.139. The third-order valence-corrected chi connectivity index (χ3v) is 7.61. The van der Waals surface area contributed by atoms with E-state index >= 15 is 0 Å². The van der Waals surface area contributed by atoms with Gasteiger partial charge in [0.2, 0.25) is 0 Å². The molecule has 1 aliphatic rings. The van der Waals surface area contributed by atoms with Gasteiger partial charge in [0.1, 0.15) is 17.3 Å². The Labute approximate surface area is 234 Å². The molecule has 3 heterocycles. The summed E-state index contributed by atoms with van der Waals surface area (Å²) in [7, 11) is 0. The van der Waals surface area contributed by atoms with E-state index in [9.17, 15) is 9.59 Å². The number of carbonyl (C=O) groups excluding carboxylic acids is 1. The molecular weight excluding hydrogens is 536 g/mol. The molecule has 0 bridgehead atoms. The van der Waals surface area contributed by atoms with E-state index in [0.717, 1.165) is 16.7 Å². The maximum absolute atomic E-state index is 13.8. The van der Waals surface area contributed by atoms with E-state index < -0.39 is 12.0 Å². The Morgan fingerprint density at radius 1 is 1.10 bits per heavy atom. The van der Waals surface area contributed by atoms with Crippen molar-refractivity contribution in [1.82, 2.24) is 4.57 Å². The normalized spacial score (nSPS) is 15.2. The van der Waals surface area contributed by atoms with Gasteiger partial charge in [-0.3, -0.25) is 9.36 Å². The lowest BCUT2D eigenvalue weighted by atomic mass is 9.96. The molecular formula is C30H27ClN2O5S. The molecule has 0 aliphatic carbocycles. The van der Waals surface area contributed by atoms with Gasteiger partial charge in [0.05, 0.1) is 35.1 Å². The maximum atomic E-state index is 13.8. The number of benzene rings is 2. The Bertz CT molecular complexity index is 1760. The number of allylic oxidation sites excluding steroid dienone is 1. The van der Waals surface area contributed by atoms with Gasteiger partial charge in [-0.1, -0.05) is 41.1 Å². The lowest BCUT2D eigenvalue weighted by Crippen LogP contribution is -2.39. The molecule has 0 amide bonds. The van der Waals surface area contributed by atoms with Crippen LogP contribution in [0, 0.1) is 6.92 Å². The van der Waals surface area contributed by atoms with E-state index in [1.807, 2.05) is 68.4 Å². The fourth-order valence-electron chi connectivity index (χ4n) is 4.58. The van der Waals surface area contributed by atoms with Gasteiger partial charge in [0, 0.05) is 16.7 Å². The zero-order valence-electron chi connectivity index (χ0n) is 22.0. The van der Waals surface area contributed by atoms with Crippen molar-refractivity contribution in [3.63, 3.8) is 0 Å². The summed E-state index contributed by atoms with van der Waals surface area (Å²) in [5, 5.41) is 0.615. The molecule has 200 valence electrons. The van der Waals surface area contributed by atoms with Gasteiger partial charge in [0.15, 0.2) is 4.80 Å². The van der Waals surface area contributed by atoms with Crippen LogP contribution in [0.5, 0.6) is 5.75 Å². The van der Waals surface area contributed by atoms with Crippen LogP contribution in [0.4, 0.5) is 0 Å². The van der Waals surface area contributed by atoms with E-state index in [1.54, 1.807) is 24.5 Å². The fraction of sp³-hybridized carbons (Fsp3) is 0.233. The second kappa shape index (κ2) is 11.1. The summed E-state index contributed by atoms with van der Waals surface area (Å²) in [6.07, 6.45) is 1.70. The van der Waals surface area contributed by atoms with Crippen molar-refractivity contribution in [3.8, 4) is 17.1 Å². The molecule has 0 unspecified atom stereocenters. The number of fused-ring (bicyclic) bond motifs is 1. The van der Waals surface area contributed by atoms with Crippen molar-refractivity contribution in [2.24, 2.45) is 4.99 Å². The summed E-state index contributed by atoms with van der Waals surface area (Å²) in [6, 6.07) is 16.0. The molecule has 0 saturated carbocycles. The molecule has 0 saturated heterocycles. The minimum atomic E-state index is -0.695. The quantitative estimate of drug-likeness (QED) is 0.281. The first kappa shape index (κ1) is 26.7. The van der Waals surface area contributed by atoms with Gasteiger partial charge in [-0.05, 0) is 75.2 Å². The zero-order valence-corrected chi connectivity index (χ0v) is 23.6. The number of hydrogen-bond donors (Lipinski definition) is 0. The molecule has 0 radical (unpaired) electrons. The first-order valence-electron chi connectivity index (χ1n) is 12.6. The van der Waals surface area contributed by atoms with Crippen LogP contribution >= 0.6 is 22.9 Å². The Hall–Kier alpha value is -3.88. The van der Waals surface area contributed by atoms with Crippen molar-refractivity contribution < 1.29 is 18.7 Å². The second-order valence-corrected chi connectivity index (χ2v) is 10.4. The molecule has 0 fully saturated rings. The summed E-state index contributed by atoms with van der Waals surface area (Å²) in [5.74, 6) is 1.38. The number of nitrogens with zero attached hydrogens (tertiary/aromatic N) is 2. The summed E-state index contributed by atoms with van der Waals surface area (Å²) in [4.78, 5) is 32.0. The van der Waals surface area contributed by atoms with Gasteiger partial charge < -0.3 is 13.9 Å². The number of hydrogen-bond acceptors (Lipinski definition) is 7. The van der Waals surface area contributed by atoms with Gasteiger partial charge in [-0.15, -0.1) is 0 Å². The first-order chi connectivity index (χ1) is 18.8. The average molecular weight is 563 g/mol. The van der Waals surface area contributed by atoms with Gasteiger partial charge in [-0.2, -0.15) is 0 Å². The molecule has 1 aliphatic heterocycles. The van der Waals surface area contributed by atoms with Crippen LogP contribution < -0.4 is 19.6 Å². The van der Waals surface area contributed by atoms with E-state index in [1.165, 1.54) is 11.3 Å². The third-order valence-electron chi connectivity index (χ3n) is 6.39. The maximum Gasteiger partial charge on any atom is 0.338 e. The lowest BCUT2D eigenvalue weighted by Gasteiger charge is -2.24. The van der Waals surface area contributed by atoms with Crippen LogP contribution in [0.15, 0.2) is 80.1 Å². The van der Waals surface area contributed by atoms with Crippen LogP contribution in [0.3, 0.4) is 0 Å². The summed E-state index contributed by atoms with van der Waals surface area (Å²) in [5.41, 5.74) is 3.23. The molecule has 2 aromatic carbocycles. The molecule has 2 aromatic heterocycles. The highest BCUT2D eigenvalue weighted by Gasteiger charge is 2.33. The molecule has 0 N–H and O–H groups in total. The number of halogens is 1. The molecule has 0 spiro atoms. The number of thiazole rings is 1. The highest BCUT2D eigenvalue weighted by molar-refractivity contribution is 7.07. The third kappa shape index (κ3) is 5.22.